The zero-order chi connectivity index (χ0) is 22.1. The Morgan fingerprint density at radius 1 is 1.10 bits per heavy atom. The number of benzene rings is 2. The molecular weight excluding hydrogens is 396 g/mol. The van der Waals surface area contributed by atoms with Crippen molar-refractivity contribution in [2.24, 2.45) is 0 Å². The van der Waals surface area contributed by atoms with Crippen LogP contribution in [0.5, 0.6) is 11.5 Å². The summed E-state index contributed by atoms with van der Waals surface area (Å²) in [5.74, 6) is 0.323. The summed E-state index contributed by atoms with van der Waals surface area (Å²) in [6, 6.07) is 14.5. The number of methoxy groups -OCH3 is 2. The van der Waals surface area contributed by atoms with Gasteiger partial charge in [0.05, 0.1) is 32.1 Å². The van der Waals surface area contributed by atoms with Gasteiger partial charge in [-0.3, -0.25) is 5.41 Å². The summed E-state index contributed by atoms with van der Waals surface area (Å²) in [6.07, 6.45) is 1.86. The average Bonchev–Trinajstić information content (AvgIpc) is 3.17. The number of rotatable bonds is 6. The molecule has 0 amide bonds. The third kappa shape index (κ3) is 3.75. The molecule has 0 aliphatic carbocycles. The minimum Gasteiger partial charge on any atom is -0.497 e. The molecule has 31 heavy (non-hydrogen) atoms. The molecule has 4 aromatic rings. The zero-order valence-corrected chi connectivity index (χ0v) is 17.4. The molecule has 0 saturated heterocycles. The van der Waals surface area contributed by atoms with Crippen LogP contribution in [0.25, 0.3) is 16.5 Å². The van der Waals surface area contributed by atoms with E-state index in [9.17, 15) is 9.90 Å². The summed E-state index contributed by atoms with van der Waals surface area (Å²) in [6.45, 7) is 2.18. The molecule has 0 aliphatic heterocycles. The number of aromatic nitrogens is 3. The standard InChI is InChI=1S/C23H22N4O4/c1-14-10-20(23(28)29)27(25-14)17-6-4-15-8-9-26(22(24)19(15)11-17)13-16-5-7-18(30-2)12-21(16)31-3/h4-12,24H,13H2,1-3H3,(H,28,29). The fourth-order valence-corrected chi connectivity index (χ4v) is 3.57. The number of pyridine rings is 1. The Labute approximate surface area is 178 Å². The van der Waals surface area contributed by atoms with Crippen molar-refractivity contribution in [2.45, 2.75) is 13.5 Å². The minimum atomic E-state index is -1.05. The molecule has 2 N–H and O–H groups in total. The summed E-state index contributed by atoms with van der Waals surface area (Å²) in [5, 5.41) is 24.1. The SMILES string of the molecule is COc1ccc(Cn2ccc3ccc(-n4nc(C)cc4C(=O)O)cc3c2=N)c(OC)c1. The molecule has 8 heteroatoms. The van der Waals surface area contributed by atoms with Crippen LogP contribution >= 0.6 is 0 Å². The van der Waals surface area contributed by atoms with Crippen molar-refractivity contribution in [1.29, 1.82) is 5.41 Å². The second-order valence-corrected chi connectivity index (χ2v) is 7.13. The predicted octanol–water partition coefficient (Wildman–Crippen LogP) is 3.38. The Hall–Kier alpha value is -4.07. The quantitative estimate of drug-likeness (QED) is 0.500. The van der Waals surface area contributed by atoms with Gasteiger partial charge in [0.15, 0.2) is 5.69 Å². The predicted molar refractivity (Wildman–Crippen MR) is 115 cm³/mol. The highest BCUT2D eigenvalue weighted by molar-refractivity contribution is 5.88. The highest BCUT2D eigenvalue weighted by Gasteiger charge is 2.15. The van der Waals surface area contributed by atoms with Crippen LogP contribution in [0, 0.1) is 12.3 Å². The van der Waals surface area contributed by atoms with Gasteiger partial charge in [0.2, 0.25) is 0 Å². The number of fused-ring (bicyclic) bond motifs is 1. The fourth-order valence-electron chi connectivity index (χ4n) is 3.57. The van der Waals surface area contributed by atoms with E-state index in [4.69, 9.17) is 14.9 Å². The molecule has 8 nitrogen and oxygen atoms in total. The topological polar surface area (TPSA) is 102 Å². The lowest BCUT2D eigenvalue weighted by Crippen LogP contribution is -2.21. The molecule has 0 atom stereocenters. The Kier molecular flexibility index (Phi) is 5.21. The van der Waals surface area contributed by atoms with Crippen molar-refractivity contribution in [3.63, 3.8) is 0 Å². The van der Waals surface area contributed by atoms with Gasteiger partial charge in [-0.15, -0.1) is 0 Å². The molecule has 0 radical (unpaired) electrons. The number of carboxylic acids is 1. The molecule has 4 rings (SSSR count). The van der Waals surface area contributed by atoms with E-state index < -0.39 is 5.97 Å². The first kappa shape index (κ1) is 20.2. The Balaban J connectivity index is 1.79. The normalized spacial score (nSPS) is 10.9. The van der Waals surface area contributed by atoms with Gasteiger partial charge in [0.1, 0.15) is 17.0 Å². The minimum absolute atomic E-state index is 0.0788. The number of ether oxygens (including phenoxy) is 2. The Morgan fingerprint density at radius 2 is 1.90 bits per heavy atom. The molecule has 0 unspecified atom stereocenters. The van der Waals surface area contributed by atoms with Crippen LogP contribution in [0.1, 0.15) is 21.7 Å². The van der Waals surface area contributed by atoms with Gasteiger partial charge in [-0.05, 0) is 48.7 Å². The maximum Gasteiger partial charge on any atom is 0.354 e. The first-order chi connectivity index (χ1) is 14.9. The van der Waals surface area contributed by atoms with Crippen LogP contribution in [0.4, 0.5) is 0 Å². The number of nitrogens with zero attached hydrogens (tertiary/aromatic N) is 3. The smallest absolute Gasteiger partial charge is 0.354 e. The molecular formula is C23H22N4O4. The number of carbonyl (C=O) groups is 1. The summed E-state index contributed by atoms with van der Waals surface area (Å²) in [7, 11) is 3.20. The molecule has 0 saturated carbocycles. The van der Waals surface area contributed by atoms with Gasteiger partial charge in [0, 0.05) is 23.2 Å². The van der Waals surface area contributed by atoms with Crippen molar-refractivity contribution in [2.75, 3.05) is 14.2 Å². The number of aromatic carboxylic acids is 1. The van der Waals surface area contributed by atoms with Gasteiger partial charge in [-0.1, -0.05) is 6.07 Å². The van der Waals surface area contributed by atoms with E-state index >= 15 is 0 Å². The highest BCUT2D eigenvalue weighted by atomic mass is 16.5. The lowest BCUT2D eigenvalue weighted by atomic mass is 10.1. The average molecular weight is 418 g/mol. The maximum absolute atomic E-state index is 11.6. The van der Waals surface area contributed by atoms with Crippen molar-refractivity contribution < 1.29 is 19.4 Å². The Bertz CT molecular complexity index is 1350. The Morgan fingerprint density at radius 3 is 2.61 bits per heavy atom. The number of hydrogen-bond acceptors (Lipinski definition) is 5. The largest absolute Gasteiger partial charge is 0.497 e. The van der Waals surface area contributed by atoms with Crippen molar-refractivity contribution in [3.8, 4) is 17.2 Å². The van der Waals surface area contributed by atoms with Gasteiger partial charge in [-0.25, -0.2) is 9.48 Å². The van der Waals surface area contributed by atoms with E-state index in [1.165, 1.54) is 10.7 Å². The molecule has 158 valence electrons. The van der Waals surface area contributed by atoms with E-state index in [0.717, 1.165) is 10.9 Å². The summed E-state index contributed by atoms with van der Waals surface area (Å²) in [4.78, 5) is 11.6. The van der Waals surface area contributed by atoms with Gasteiger partial charge < -0.3 is 19.1 Å². The van der Waals surface area contributed by atoms with E-state index in [1.54, 1.807) is 33.3 Å². The van der Waals surface area contributed by atoms with Crippen LogP contribution in [-0.2, 0) is 6.54 Å². The van der Waals surface area contributed by atoms with Gasteiger partial charge in [-0.2, -0.15) is 5.10 Å². The molecule has 0 spiro atoms. The molecule has 2 aromatic carbocycles. The van der Waals surface area contributed by atoms with Crippen molar-refractivity contribution in [1.82, 2.24) is 14.3 Å². The second kappa shape index (κ2) is 7.98. The summed E-state index contributed by atoms with van der Waals surface area (Å²) in [5.41, 5.74) is 2.49. The van der Waals surface area contributed by atoms with E-state index in [2.05, 4.69) is 5.10 Å². The fraction of sp³-hybridized carbons (Fsp3) is 0.174. The van der Waals surface area contributed by atoms with Gasteiger partial charge in [0.25, 0.3) is 0 Å². The van der Waals surface area contributed by atoms with E-state index in [1.807, 2.05) is 41.1 Å². The van der Waals surface area contributed by atoms with Crippen molar-refractivity contribution >= 4 is 16.7 Å². The molecule has 0 fully saturated rings. The van der Waals surface area contributed by atoms with Crippen LogP contribution in [0.3, 0.4) is 0 Å². The first-order valence-electron chi connectivity index (χ1n) is 9.60. The summed E-state index contributed by atoms with van der Waals surface area (Å²) >= 11 is 0. The first-order valence-corrected chi connectivity index (χ1v) is 9.60. The summed E-state index contributed by atoms with van der Waals surface area (Å²) < 4.78 is 13.9. The number of aryl methyl sites for hydroxylation is 1. The lowest BCUT2D eigenvalue weighted by molar-refractivity contribution is 0.0687. The van der Waals surface area contributed by atoms with Crippen LogP contribution in [-0.4, -0.2) is 39.6 Å². The molecule has 2 aromatic heterocycles. The van der Waals surface area contributed by atoms with Crippen LogP contribution in [0.15, 0.2) is 54.7 Å². The molecule has 0 bridgehead atoms. The van der Waals surface area contributed by atoms with Gasteiger partial charge >= 0.3 is 5.97 Å². The zero-order valence-electron chi connectivity index (χ0n) is 17.4. The third-order valence-corrected chi connectivity index (χ3v) is 5.14. The van der Waals surface area contributed by atoms with E-state index in [0.29, 0.717) is 40.3 Å². The van der Waals surface area contributed by atoms with Crippen molar-refractivity contribution in [3.05, 3.63) is 77.2 Å². The number of carboxylic acid groups (broad SMARTS) is 1. The number of nitrogens with one attached hydrogen (secondary N) is 1. The number of hydrogen-bond donors (Lipinski definition) is 2. The maximum atomic E-state index is 11.6. The molecule has 2 heterocycles. The van der Waals surface area contributed by atoms with E-state index in [-0.39, 0.29) is 5.69 Å². The second-order valence-electron chi connectivity index (χ2n) is 7.13. The molecule has 0 aliphatic rings. The lowest BCUT2D eigenvalue weighted by Gasteiger charge is -2.14. The monoisotopic (exact) mass is 418 g/mol. The third-order valence-electron chi connectivity index (χ3n) is 5.14. The van der Waals surface area contributed by atoms with Crippen LogP contribution in [0.2, 0.25) is 0 Å². The highest BCUT2D eigenvalue weighted by Crippen LogP contribution is 2.25. The van der Waals surface area contributed by atoms with Crippen LogP contribution < -0.4 is 15.0 Å².